The van der Waals surface area contributed by atoms with Crippen LogP contribution in [0.3, 0.4) is 0 Å². The van der Waals surface area contributed by atoms with Crippen molar-refractivity contribution in [1.29, 1.82) is 0 Å². The normalized spacial score (nSPS) is 18.2. The fraction of sp³-hybridized carbons (Fsp3) is 0.611. The number of hydrogen-bond donors (Lipinski definition) is 2. The van der Waals surface area contributed by atoms with Crippen LogP contribution in [0.5, 0.6) is 0 Å². The van der Waals surface area contributed by atoms with Gasteiger partial charge in [-0.3, -0.25) is 4.79 Å². The van der Waals surface area contributed by atoms with Crippen molar-refractivity contribution in [2.45, 2.75) is 51.4 Å². The van der Waals surface area contributed by atoms with Crippen molar-refractivity contribution >= 4 is 5.91 Å². The Labute approximate surface area is 127 Å². The topological polar surface area (TPSA) is 49.3 Å². The Balaban J connectivity index is 2.00. The lowest BCUT2D eigenvalue weighted by Gasteiger charge is -2.36. The molecule has 0 spiro atoms. The van der Waals surface area contributed by atoms with Crippen LogP contribution in [0.15, 0.2) is 30.3 Å². The molecule has 3 nitrogen and oxygen atoms in total. The second kappa shape index (κ2) is 6.61. The largest absolute Gasteiger partial charge is 0.396 e. The average Bonchev–Trinajstić information content (AvgIpc) is 2.54. The molecule has 21 heavy (non-hydrogen) atoms. The van der Waals surface area contributed by atoms with Crippen LogP contribution < -0.4 is 5.32 Å². The molecule has 1 fully saturated rings. The third kappa shape index (κ3) is 3.65. The molecule has 116 valence electrons. The smallest absolute Gasteiger partial charge is 0.230 e. The highest BCUT2D eigenvalue weighted by molar-refractivity contribution is 5.87. The van der Waals surface area contributed by atoms with E-state index in [2.05, 4.69) is 5.32 Å². The quantitative estimate of drug-likeness (QED) is 0.875. The molecule has 1 aliphatic carbocycles. The van der Waals surface area contributed by atoms with Gasteiger partial charge < -0.3 is 10.4 Å². The van der Waals surface area contributed by atoms with E-state index in [-0.39, 0.29) is 17.9 Å². The van der Waals surface area contributed by atoms with Gasteiger partial charge in [-0.15, -0.1) is 0 Å². The summed E-state index contributed by atoms with van der Waals surface area (Å²) in [4.78, 5) is 12.6. The summed E-state index contributed by atoms with van der Waals surface area (Å²) in [7, 11) is 0. The molecule has 0 aliphatic heterocycles. The molecule has 0 atom stereocenters. The first-order valence-corrected chi connectivity index (χ1v) is 7.95. The van der Waals surface area contributed by atoms with E-state index >= 15 is 0 Å². The highest BCUT2D eigenvalue weighted by atomic mass is 16.3. The first-order chi connectivity index (χ1) is 10.0. The van der Waals surface area contributed by atoms with Gasteiger partial charge in [0.25, 0.3) is 0 Å². The summed E-state index contributed by atoms with van der Waals surface area (Å²) in [5.74, 6) is 0.0344. The monoisotopic (exact) mass is 289 g/mol. The maximum atomic E-state index is 12.6. The van der Waals surface area contributed by atoms with E-state index in [1.54, 1.807) is 0 Å². The van der Waals surface area contributed by atoms with Crippen LogP contribution in [-0.2, 0) is 10.2 Å². The number of benzene rings is 1. The van der Waals surface area contributed by atoms with Gasteiger partial charge in [0.2, 0.25) is 5.91 Å². The van der Waals surface area contributed by atoms with E-state index in [0.717, 1.165) is 31.2 Å². The lowest BCUT2D eigenvalue weighted by Crippen LogP contribution is -2.47. The predicted octanol–water partition coefficient (Wildman–Crippen LogP) is 3.02. The second-order valence-electron chi connectivity index (χ2n) is 6.89. The van der Waals surface area contributed by atoms with Crippen LogP contribution in [-0.4, -0.2) is 24.2 Å². The molecule has 2 N–H and O–H groups in total. The molecule has 1 aromatic carbocycles. The lowest BCUT2D eigenvalue weighted by atomic mass is 9.74. The highest BCUT2D eigenvalue weighted by Gasteiger charge is 2.35. The van der Waals surface area contributed by atoms with Gasteiger partial charge in [0.05, 0.1) is 12.0 Å². The van der Waals surface area contributed by atoms with E-state index in [0.29, 0.717) is 6.54 Å². The molecular formula is C18H27NO2. The molecule has 3 heteroatoms. The number of amides is 1. The number of rotatable bonds is 5. The molecule has 0 aromatic heterocycles. The number of carbonyl (C=O) groups excluding carboxylic acids is 1. The molecule has 0 radical (unpaired) electrons. The maximum absolute atomic E-state index is 12.6. The predicted molar refractivity (Wildman–Crippen MR) is 85.1 cm³/mol. The molecule has 0 bridgehead atoms. The van der Waals surface area contributed by atoms with Gasteiger partial charge in [-0.1, -0.05) is 49.6 Å². The van der Waals surface area contributed by atoms with E-state index in [1.165, 1.54) is 6.42 Å². The second-order valence-corrected chi connectivity index (χ2v) is 6.89. The molecular weight excluding hydrogens is 262 g/mol. The molecule has 1 aromatic rings. The van der Waals surface area contributed by atoms with Gasteiger partial charge in [0, 0.05) is 12.0 Å². The van der Waals surface area contributed by atoms with Crippen LogP contribution in [0.4, 0.5) is 0 Å². The Kier molecular flexibility index (Phi) is 5.04. The number of aliphatic hydroxyl groups is 1. The first kappa shape index (κ1) is 16.0. The SMILES string of the molecule is CC(C)(C(=O)NCC1(CO)CCCCC1)c1ccccc1. The number of nitrogens with one attached hydrogen (secondary N) is 1. The Bertz CT molecular complexity index is 461. The van der Waals surface area contributed by atoms with E-state index in [1.807, 2.05) is 44.2 Å². The minimum Gasteiger partial charge on any atom is -0.396 e. The van der Waals surface area contributed by atoms with Crippen LogP contribution in [0.1, 0.15) is 51.5 Å². The van der Waals surface area contributed by atoms with E-state index < -0.39 is 5.41 Å². The van der Waals surface area contributed by atoms with Gasteiger partial charge in [0.15, 0.2) is 0 Å². The summed E-state index contributed by atoms with van der Waals surface area (Å²) in [6.07, 6.45) is 5.56. The maximum Gasteiger partial charge on any atom is 0.230 e. The summed E-state index contributed by atoms with van der Waals surface area (Å²) in [6.45, 7) is 4.64. The Hall–Kier alpha value is -1.35. The van der Waals surface area contributed by atoms with Crippen molar-refractivity contribution in [2.24, 2.45) is 5.41 Å². The number of hydrogen-bond acceptors (Lipinski definition) is 2. The molecule has 0 saturated heterocycles. The van der Waals surface area contributed by atoms with Crippen molar-refractivity contribution in [3.05, 3.63) is 35.9 Å². The Morgan fingerprint density at radius 1 is 1.19 bits per heavy atom. The summed E-state index contributed by atoms with van der Waals surface area (Å²) in [6, 6.07) is 9.85. The fourth-order valence-corrected chi connectivity index (χ4v) is 3.17. The summed E-state index contributed by atoms with van der Waals surface area (Å²) >= 11 is 0. The van der Waals surface area contributed by atoms with Crippen molar-refractivity contribution in [2.75, 3.05) is 13.2 Å². The van der Waals surface area contributed by atoms with Gasteiger partial charge in [-0.2, -0.15) is 0 Å². The Morgan fingerprint density at radius 2 is 1.81 bits per heavy atom. The van der Waals surface area contributed by atoms with Crippen LogP contribution >= 0.6 is 0 Å². The molecule has 0 heterocycles. The van der Waals surface area contributed by atoms with Crippen molar-refractivity contribution < 1.29 is 9.90 Å². The Morgan fingerprint density at radius 3 is 2.38 bits per heavy atom. The summed E-state index contributed by atoms with van der Waals surface area (Å²) in [5.41, 5.74) is 0.358. The fourth-order valence-electron chi connectivity index (χ4n) is 3.17. The van der Waals surface area contributed by atoms with Gasteiger partial charge in [0.1, 0.15) is 0 Å². The van der Waals surface area contributed by atoms with Gasteiger partial charge in [-0.25, -0.2) is 0 Å². The summed E-state index contributed by atoms with van der Waals surface area (Å²) in [5, 5.41) is 12.8. The number of carbonyl (C=O) groups is 1. The zero-order valence-electron chi connectivity index (χ0n) is 13.2. The van der Waals surface area contributed by atoms with Crippen LogP contribution in [0, 0.1) is 5.41 Å². The molecule has 0 unspecified atom stereocenters. The molecule has 2 rings (SSSR count). The average molecular weight is 289 g/mol. The minimum absolute atomic E-state index is 0.0344. The minimum atomic E-state index is -0.549. The summed E-state index contributed by atoms with van der Waals surface area (Å²) < 4.78 is 0. The van der Waals surface area contributed by atoms with Crippen LogP contribution in [0.25, 0.3) is 0 Å². The first-order valence-electron chi connectivity index (χ1n) is 7.95. The zero-order chi connectivity index (χ0) is 15.3. The molecule has 1 saturated carbocycles. The lowest BCUT2D eigenvalue weighted by molar-refractivity contribution is -0.126. The molecule has 1 amide bonds. The molecule has 1 aliphatic rings. The van der Waals surface area contributed by atoms with Crippen molar-refractivity contribution in [1.82, 2.24) is 5.32 Å². The van der Waals surface area contributed by atoms with Crippen molar-refractivity contribution in [3.63, 3.8) is 0 Å². The third-order valence-corrected chi connectivity index (χ3v) is 4.94. The van der Waals surface area contributed by atoms with Gasteiger partial charge >= 0.3 is 0 Å². The standard InChI is InChI=1S/C18H27NO2/c1-17(2,15-9-5-3-6-10-15)16(21)19-13-18(14-20)11-7-4-8-12-18/h3,5-6,9-10,20H,4,7-8,11-14H2,1-2H3,(H,19,21). The zero-order valence-corrected chi connectivity index (χ0v) is 13.2. The van der Waals surface area contributed by atoms with Crippen LogP contribution in [0.2, 0.25) is 0 Å². The van der Waals surface area contributed by atoms with Gasteiger partial charge in [-0.05, 0) is 32.3 Å². The van der Waals surface area contributed by atoms with E-state index in [4.69, 9.17) is 0 Å². The highest BCUT2D eigenvalue weighted by Crippen LogP contribution is 2.35. The number of aliphatic hydroxyl groups excluding tert-OH is 1. The van der Waals surface area contributed by atoms with E-state index in [9.17, 15) is 9.90 Å². The third-order valence-electron chi connectivity index (χ3n) is 4.94. The van der Waals surface area contributed by atoms with Crippen molar-refractivity contribution in [3.8, 4) is 0 Å².